The number of aryl methyl sites for hydroxylation is 1. The molecule has 0 bridgehead atoms. The zero-order valence-electron chi connectivity index (χ0n) is 15.5. The first-order valence-corrected chi connectivity index (χ1v) is 9.56. The molecule has 0 radical (unpaired) electrons. The molecular formula is C18H22N4O4S. The molecule has 8 nitrogen and oxygen atoms in total. The van der Waals surface area contributed by atoms with Gasteiger partial charge in [-0.05, 0) is 26.0 Å². The maximum Gasteiger partial charge on any atom is 0.344 e. The standard InChI is InChI=1S/C18H22N4O4S/c1-12-10-14(11-15(18(23)26-3)16(12)22(24)25)21-7-5-20(6-8-21)13(2)17-19-4-9-27-17/h4,9-11,13H,5-8H2,1-3H3. The number of benzene rings is 1. The smallest absolute Gasteiger partial charge is 0.344 e. The van der Waals surface area contributed by atoms with Crippen LogP contribution in [0, 0.1) is 17.0 Å². The Balaban J connectivity index is 1.79. The molecule has 0 spiro atoms. The molecular weight excluding hydrogens is 368 g/mol. The number of hydrogen-bond donors (Lipinski definition) is 0. The van der Waals surface area contributed by atoms with Crippen LogP contribution in [0.25, 0.3) is 0 Å². The van der Waals surface area contributed by atoms with Gasteiger partial charge in [-0.2, -0.15) is 0 Å². The van der Waals surface area contributed by atoms with Crippen LogP contribution in [0.15, 0.2) is 23.7 Å². The second-order valence-electron chi connectivity index (χ2n) is 6.48. The van der Waals surface area contributed by atoms with E-state index in [1.165, 1.54) is 7.11 Å². The summed E-state index contributed by atoms with van der Waals surface area (Å²) < 4.78 is 4.74. The molecule has 0 saturated carbocycles. The molecule has 3 rings (SSSR count). The summed E-state index contributed by atoms with van der Waals surface area (Å²) in [7, 11) is 1.23. The molecule has 0 aliphatic carbocycles. The fourth-order valence-electron chi connectivity index (χ4n) is 3.42. The van der Waals surface area contributed by atoms with E-state index < -0.39 is 10.9 Å². The fraction of sp³-hybridized carbons (Fsp3) is 0.444. The van der Waals surface area contributed by atoms with Crippen LogP contribution in [0.2, 0.25) is 0 Å². The normalized spacial score (nSPS) is 16.2. The van der Waals surface area contributed by atoms with Crippen molar-refractivity contribution in [2.45, 2.75) is 19.9 Å². The number of nitro groups is 1. The topological polar surface area (TPSA) is 88.8 Å². The molecule has 1 aromatic carbocycles. The summed E-state index contributed by atoms with van der Waals surface area (Å²) in [4.78, 5) is 31.8. The monoisotopic (exact) mass is 390 g/mol. The van der Waals surface area contributed by atoms with E-state index in [0.29, 0.717) is 5.56 Å². The predicted octanol–water partition coefficient (Wildman–Crippen LogP) is 3.03. The number of nitrogens with zero attached hydrogens (tertiary/aromatic N) is 4. The van der Waals surface area contributed by atoms with Gasteiger partial charge in [-0.1, -0.05) is 0 Å². The number of thiazole rings is 1. The summed E-state index contributed by atoms with van der Waals surface area (Å²) >= 11 is 1.65. The second-order valence-corrected chi connectivity index (χ2v) is 7.40. The van der Waals surface area contributed by atoms with Crippen LogP contribution in [0.4, 0.5) is 11.4 Å². The Labute approximate surface area is 161 Å². The molecule has 27 heavy (non-hydrogen) atoms. The summed E-state index contributed by atoms with van der Waals surface area (Å²) in [6.07, 6.45) is 1.82. The number of carbonyl (C=O) groups excluding carboxylic acids is 1. The van der Waals surface area contributed by atoms with Gasteiger partial charge in [0.1, 0.15) is 10.6 Å². The van der Waals surface area contributed by atoms with Crippen molar-refractivity contribution in [2.24, 2.45) is 0 Å². The van der Waals surface area contributed by atoms with Crippen molar-refractivity contribution in [1.82, 2.24) is 9.88 Å². The van der Waals surface area contributed by atoms with Gasteiger partial charge < -0.3 is 9.64 Å². The zero-order valence-corrected chi connectivity index (χ0v) is 16.4. The number of rotatable bonds is 5. The van der Waals surface area contributed by atoms with Gasteiger partial charge in [0.25, 0.3) is 5.69 Å². The summed E-state index contributed by atoms with van der Waals surface area (Å²) in [5.74, 6) is -0.692. The first kappa shape index (κ1) is 19.2. The fourth-order valence-corrected chi connectivity index (χ4v) is 4.14. The third-order valence-corrected chi connectivity index (χ3v) is 5.85. The highest BCUT2D eigenvalue weighted by Crippen LogP contribution is 2.31. The molecule has 9 heteroatoms. The SMILES string of the molecule is COC(=O)c1cc(N2CCN(C(C)c3nccs3)CC2)cc(C)c1[N+](=O)[O-]. The van der Waals surface area contributed by atoms with Gasteiger partial charge in [0.15, 0.2) is 0 Å². The molecule has 144 valence electrons. The van der Waals surface area contributed by atoms with Gasteiger partial charge in [-0.15, -0.1) is 11.3 Å². The molecule has 1 saturated heterocycles. The number of ether oxygens (including phenoxy) is 1. The molecule has 0 amide bonds. The van der Waals surface area contributed by atoms with Crippen LogP contribution < -0.4 is 4.90 Å². The quantitative estimate of drug-likeness (QED) is 0.440. The van der Waals surface area contributed by atoms with Gasteiger partial charge in [0.2, 0.25) is 0 Å². The molecule has 1 atom stereocenters. The van der Waals surface area contributed by atoms with E-state index >= 15 is 0 Å². The number of carbonyl (C=O) groups is 1. The first-order chi connectivity index (χ1) is 12.9. The lowest BCUT2D eigenvalue weighted by Gasteiger charge is -2.38. The van der Waals surface area contributed by atoms with E-state index in [2.05, 4.69) is 21.7 Å². The highest BCUT2D eigenvalue weighted by atomic mass is 32.1. The van der Waals surface area contributed by atoms with Gasteiger partial charge in [-0.25, -0.2) is 9.78 Å². The van der Waals surface area contributed by atoms with E-state index in [9.17, 15) is 14.9 Å². The van der Waals surface area contributed by atoms with Crippen molar-refractivity contribution < 1.29 is 14.5 Å². The minimum Gasteiger partial charge on any atom is -0.465 e. The van der Waals surface area contributed by atoms with E-state index in [0.717, 1.165) is 36.9 Å². The molecule has 0 N–H and O–H groups in total. The van der Waals surface area contributed by atoms with Gasteiger partial charge in [-0.3, -0.25) is 15.0 Å². The van der Waals surface area contributed by atoms with Gasteiger partial charge >= 0.3 is 5.97 Å². The van der Waals surface area contributed by atoms with Crippen molar-refractivity contribution in [3.63, 3.8) is 0 Å². The summed E-state index contributed by atoms with van der Waals surface area (Å²) in [6, 6.07) is 3.60. The van der Waals surface area contributed by atoms with E-state index in [-0.39, 0.29) is 17.3 Å². The number of nitro benzene ring substituents is 1. The lowest BCUT2D eigenvalue weighted by atomic mass is 10.1. The molecule has 1 aliphatic rings. The Hall–Kier alpha value is -2.52. The summed E-state index contributed by atoms with van der Waals surface area (Å²) in [6.45, 7) is 7.05. The number of aromatic nitrogens is 1. The van der Waals surface area contributed by atoms with E-state index in [1.807, 2.05) is 11.6 Å². The second kappa shape index (κ2) is 8.01. The van der Waals surface area contributed by atoms with Crippen LogP contribution in [0.5, 0.6) is 0 Å². The average molecular weight is 390 g/mol. The summed E-state index contributed by atoms with van der Waals surface area (Å²) in [5, 5.41) is 14.4. The Morgan fingerprint density at radius 3 is 2.59 bits per heavy atom. The zero-order chi connectivity index (χ0) is 19.6. The minimum absolute atomic E-state index is 0.00363. The molecule has 1 fully saturated rings. The van der Waals surface area contributed by atoms with Crippen LogP contribution in [-0.4, -0.2) is 54.1 Å². The molecule has 1 aromatic heterocycles. The van der Waals surface area contributed by atoms with E-state index in [4.69, 9.17) is 4.74 Å². The van der Waals surface area contributed by atoms with E-state index in [1.54, 1.807) is 30.4 Å². The van der Waals surface area contributed by atoms with Crippen LogP contribution >= 0.6 is 11.3 Å². The van der Waals surface area contributed by atoms with Crippen LogP contribution in [0.1, 0.15) is 33.9 Å². The van der Waals surface area contributed by atoms with Crippen molar-refractivity contribution >= 4 is 28.7 Å². The Bertz CT molecular complexity index is 832. The Morgan fingerprint density at radius 2 is 2.04 bits per heavy atom. The van der Waals surface area contributed by atoms with Gasteiger partial charge in [0.05, 0.1) is 18.1 Å². The predicted molar refractivity (Wildman–Crippen MR) is 103 cm³/mol. The number of anilines is 1. The molecule has 2 aromatic rings. The van der Waals surface area contributed by atoms with Crippen LogP contribution in [0.3, 0.4) is 0 Å². The van der Waals surface area contributed by atoms with Crippen molar-refractivity contribution in [3.05, 3.63) is 50.0 Å². The highest BCUT2D eigenvalue weighted by molar-refractivity contribution is 7.09. The number of piperazine rings is 1. The van der Waals surface area contributed by atoms with Crippen molar-refractivity contribution in [3.8, 4) is 0 Å². The Morgan fingerprint density at radius 1 is 1.33 bits per heavy atom. The number of esters is 1. The molecule has 2 heterocycles. The maximum atomic E-state index is 12.0. The number of hydrogen-bond acceptors (Lipinski definition) is 8. The van der Waals surface area contributed by atoms with Gasteiger partial charge in [0, 0.05) is 49.0 Å². The lowest BCUT2D eigenvalue weighted by molar-refractivity contribution is -0.385. The third-order valence-electron chi connectivity index (χ3n) is 4.91. The highest BCUT2D eigenvalue weighted by Gasteiger charge is 2.28. The lowest BCUT2D eigenvalue weighted by Crippen LogP contribution is -2.47. The molecule has 1 unspecified atom stereocenters. The van der Waals surface area contributed by atoms with Crippen LogP contribution in [-0.2, 0) is 4.74 Å². The first-order valence-electron chi connectivity index (χ1n) is 8.68. The minimum atomic E-state index is -0.692. The molecule has 1 aliphatic heterocycles. The maximum absolute atomic E-state index is 12.0. The third kappa shape index (κ3) is 3.93. The number of methoxy groups -OCH3 is 1. The Kier molecular flexibility index (Phi) is 5.71. The van der Waals surface area contributed by atoms with Crippen molar-refractivity contribution in [1.29, 1.82) is 0 Å². The average Bonchev–Trinajstić information content (AvgIpc) is 3.20. The summed E-state index contributed by atoms with van der Waals surface area (Å²) in [5.41, 5.74) is 1.06. The van der Waals surface area contributed by atoms with Crippen molar-refractivity contribution in [2.75, 3.05) is 38.2 Å². The largest absolute Gasteiger partial charge is 0.465 e.